The predicted molar refractivity (Wildman–Crippen MR) is 69.2 cm³/mol. The summed E-state index contributed by atoms with van der Waals surface area (Å²) in [6.45, 7) is 2.43. The number of aromatic nitrogens is 2. The summed E-state index contributed by atoms with van der Waals surface area (Å²) in [7, 11) is 1.98. The summed E-state index contributed by atoms with van der Waals surface area (Å²) in [4.78, 5) is 10.5. The highest BCUT2D eigenvalue weighted by molar-refractivity contribution is 5.58. The second-order valence-electron chi connectivity index (χ2n) is 3.93. The minimum Gasteiger partial charge on any atom is -0.329 e. The van der Waals surface area contributed by atoms with Crippen LogP contribution in [0, 0.1) is 6.92 Å². The highest BCUT2D eigenvalue weighted by Crippen LogP contribution is 2.21. The lowest BCUT2D eigenvalue weighted by Crippen LogP contribution is -2.13. The largest absolute Gasteiger partial charge is 0.329 e. The summed E-state index contributed by atoms with van der Waals surface area (Å²) < 4.78 is 0. The Morgan fingerprint density at radius 1 is 1.18 bits per heavy atom. The molecule has 0 saturated carbocycles. The van der Waals surface area contributed by atoms with Gasteiger partial charge < -0.3 is 10.6 Å². The van der Waals surface area contributed by atoms with Crippen molar-refractivity contribution in [1.82, 2.24) is 9.97 Å². The van der Waals surface area contributed by atoms with Crippen LogP contribution in [0.5, 0.6) is 0 Å². The third-order valence-electron chi connectivity index (χ3n) is 2.64. The number of nitrogens with zero attached hydrogens (tertiary/aromatic N) is 3. The average molecular weight is 228 g/mol. The van der Waals surface area contributed by atoms with Gasteiger partial charge in [-0.2, -0.15) is 0 Å². The molecule has 17 heavy (non-hydrogen) atoms. The molecule has 0 amide bonds. The summed E-state index contributed by atoms with van der Waals surface area (Å²) in [5.74, 6) is 1.51. The third-order valence-corrected chi connectivity index (χ3v) is 2.64. The SMILES string of the molecule is Cc1ccc(N(C)c2ccnc(CN)n2)cc1. The van der Waals surface area contributed by atoms with Gasteiger partial charge in [0.15, 0.2) is 0 Å². The Bertz CT molecular complexity index is 493. The zero-order valence-corrected chi connectivity index (χ0v) is 10.1. The van der Waals surface area contributed by atoms with E-state index < -0.39 is 0 Å². The second-order valence-corrected chi connectivity index (χ2v) is 3.93. The zero-order chi connectivity index (χ0) is 12.3. The summed E-state index contributed by atoms with van der Waals surface area (Å²) >= 11 is 0. The van der Waals surface area contributed by atoms with Gasteiger partial charge >= 0.3 is 0 Å². The van der Waals surface area contributed by atoms with Crippen LogP contribution < -0.4 is 10.6 Å². The molecule has 0 atom stereocenters. The molecule has 1 heterocycles. The molecule has 1 aromatic heterocycles. The van der Waals surface area contributed by atoms with Crippen molar-refractivity contribution in [3.8, 4) is 0 Å². The van der Waals surface area contributed by atoms with Crippen molar-refractivity contribution in [2.24, 2.45) is 5.73 Å². The normalized spacial score (nSPS) is 10.3. The number of hydrogen-bond acceptors (Lipinski definition) is 4. The molecule has 0 bridgehead atoms. The van der Waals surface area contributed by atoms with Crippen molar-refractivity contribution in [3.05, 3.63) is 47.9 Å². The minimum atomic E-state index is 0.357. The molecule has 0 fully saturated rings. The van der Waals surface area contributed by atoms with E-state index in [4.69, 9.17) is 5.73 Å². The molecule has 0 saturated heterocycles. The average Bonchev–Trinajstić information content (AvgIpc) is 2.39. The van der Waals surface area contributed by atoms with Gasteiger partial charge in [0.2, 0.25) is 0 Å². The van der Waals surface area contributed by atoms with Crippen LogP contribution in [-0.2, 0) is 6.54 Å². The van der Waals surface area contributed by atoms with E-state index >= 15 is 0 Å². The highest BCUT2D eigenvalue weighted by atomic mass is 15.2. The molecule has 2 rings (SSSR count). The second kappa shape index (κ2) is 4.93. The van der Waals surface area contributed by atoms with Crippen LogP contribution in [0.4, 0.5) is 11.5 Å². The molecule has 2 aromatic rings. The molecule has 4 nitrogen and oxygen atoms in total. The van der Waals surface area contributed by atoms with Crippen LogP contribution in [0.3, 0.4) is 0 Å². The monoisotopic (exact) mass is 228 g/mol. The molecular weight excluding hydrogens is 212 g/mol. The molecule has 1 aromatic carbocycles. The summed E-state index contributed by atoms with van der Waals surface area (Å²) in [6, 6.07) is 10.2. The molecule has 0 aliphatic rings. The quantitative estimate of drug-likeness (QED) is 0.873. The van der Waals surface area contributed by atoms with E-state index in [9.17, 15) is 0 Å². The van der Waals surface area contributed by atoms with Crippen LogP contribution in [0.1, 0.15) is 11.4 Å². The van der Waals surface area contributed by atoms with Gasteiger partial charge in [-0.15, -0.1) is 0 Å². The smallest absolute Gasteiger partial charge is 0.144 e. The lowest BCUT2D eigenvalue weighted by molar-refractivity contribution is 0.899. The van der Waals surface area contributed by atoms with Gasteiger partial charge in [-0.05, 0) is 25.1 Å². The molecule has 0 radical (unpaired) electrons. The molecule has 0 spiro atoms. The van der Waals surface area contributed by atoms with Crippen LogP contribution in [0.15, 0.2) is 36.5 Å². The van der Waals surface area contributed by atoms with Crippen molar-refractivity contribution >= 4 is 11.5 Å². The maximum absolute atomic E-state index is 5.53. The van der Waals surface area contributed by atoms with E-state index in [1.54, 1.807) is 6.20 Å². The molecule has 2 N–H and O–H groups in total. The van der Waals surface area contributed by atoms with E-state index in [1.165, 1.54) is 5.56 Å². The van der Waals surface area contributed by atoms with E-state index in [1.807, 2.05) is 18.0 Å². The fraction of sp³-hybridized carbons (Fsp3) is 0.231. The number of nitrogens with two attached hydrogens (primary N) is 1. The summed E-state index contributed by atoms with van der Waals surface area (Å²) in [5, 5.41) is 0. The standard InChI is InChI=1S/C13H16N4/c1-10-3-5-11(6-4-10)17(2)13-7-8-15-12(9-14)16-13/h3-8H,9,14H2,1-2H3. The van der Waals surface area contributed by atoms with Crippen molar-refractivity contribution in [2.45, 2.75) is 13.5 Å². The Labute approximate surface area is 101 Å². The van der Waals surface area contributed by atoms with Crippen LogP contribution in [-0.4, -0.2) is 17.0 Å². The first-order valence-electron chi connectivity index (χ1n) is 5.53. The van der Waals surface area contributed by atoms with Gasteiger partial charge in [-0.25, -0.2) is 9.97 Å². The fourth-order valence-corrected chi connectivity index (χ4v) is 1.57. The zero-order valence-electron chi connectivity index (χ0n) is 10.1. The first-order chi connectivity index (χ1) is 8.20. The van der Waals surface area contributed by atoms with Gasteiger partial charge in [-0.3, -0.25) is 0 Å². The topological polar surface area (TPSA) is 55.0 Å². The van der Waals surface area contributed by atoms with Crippen molar-refractivity contribution < 1.29 is 0 Å². The van der Waals surface area contributed by atoms with Crippen molar-refractivity contribution in [3.63, 3.8) is 0 Å². The van der Waals surface area contributed by atoms with Gasteiger partial charge in [0.05, 0.1) is 6.54 Å². The Morgan fingerprint density at radius 3 is 2.53 bits per heavy atom. The number of aryl methyl sites for hydroxylation is 1. The van der Waals surface area contributed by atoms with Gasteiger partial charge in [0, 0.05) is 18.9 Å². The first-order valence-corrected chi connectivity index (χ1v) is 5.53. The molecule has 4 heteroatoms. The summed E-state index contributed by atoms with van der Waals surface area (Å²) in [5.41, 5.74) is 7.87. The van der Waals surface area contributed by atoms with Gasteiger partial charge in [0.1, 0.15) is 11.6 Å². The minimum absolute atomic E-state index is 0.357. The summed E-state index contributed by atoms with van der Waals surface area (Å²) in [6.07, 6.45) is 1.73. The molecule has 0 aliphatic carbocycles. The molecular formula is C13H16N4. The Balaban J connectivity index is 2.29. The van der Waals surface area contributed by atoms with Crippen LogP contribution >= 0.6 is 0 Å². The fourth-order valence-electron chi connectivity index (χ4n) is 1.57. The first kappa shape index (κ1) is 11.5. The third kappa shape index (κ3) is 2.60. The van der Waals surface area contributed by atoms with Crippen molar-refractivity contribution in [2.75, 3.05) is 11.9 Å². The maximum Gasteiger partial charge on any atom is 0.144 e. The Morgan fingerprint density at radius 2 is 1.88 bits per heavy atom. The molecule has 0 unspecified atom stereocenters. The number of anilines is 2. The number of rotatable bonds is 3. The Kier molecular flexibility index (Phi) is 3.35. The Hall–Kier alpha value is -1.94. The van der Waals surface area contributed by atoms with Crippen molar-refractivity contribution in [1.29, 1.82) is 0 Å². The molecule has 0 aliphatic heterocycles. The van der Waals surface area contributed by atoms with E-state index in [2.05, 4.69) is 41.2 Å². The van der Waals surface area contributed by atoms with Crippen LogP contribution in [0.2, 0.25) is 0 Å². The number of hydrogen-bond donors (Lipinski definition) is 1. The highest BCUT2D eigenvalue weighted by Gasteiger charge is 2.05. The van der Waals surface area contributed by atoms with E-state index in [0.717, 1.165) is 11.5 Å². The number of benzene rings is 1. The predicted octanol–water partition coefficient (Wildman–Crippen LogP) is 2.01. The lowest BCUT2D eigenvalue weighted by Gasteiger charge is -2.18. The van der Waals surface area contributed by atoms with Crippen LogP contribution in [0.25, 0.3) is 0 Å². The van der Waals surface area contributed by atoms with E-state index in [0.29, 0.717) is 12.4 Å². The van der Waals surface area contributed by atoms with E-state index in [-0.39, 0.29) is 0 Å². The van der Waals surface area contributed by atoms with Gasteiger partial charge in [0.25, 0.3) is 0 Å². The molecule has 88 valence electrons. The lowest BCUT2D eigenvalue weighted by atomic mass is 10.2. The van der Waals surface area contributed by atoms with Gasteiger partial charge in [-0.1, -0.05) is 17.7 Å². The maximum atomic E-state index is 5.53.